The fourth-order valence-electron chi connectivity index (χ4n) is 1.42. The number of benzene rings is 1. The molecular weight excluding hydrogens is 282 g/mol. The molecule has 1 aromatic heterocycles. The van der Waals surface area contributed by atoms with Crippen LogP contribution in [0.2, 0.25) is 0 Å². The molecule has 0 unspecified atom stereocenters. The van der Waals surface area contributed by atoms with Crippen LogP contribution in [0.15, 0.2) is 33.7 Å². The number of aromatic amines is 1. The molecule has 84 valence electrons. The van der Waals surface area contributed by atoms with Crippen LogP contribution in [0.4, 0.5) is 0 Å². The van der Waals surface area contributed by atoms with Gasteiger partial charge in [-0.15, -0.1) is 0 Å². The largest absolute Gasteiger partial charge is 0.305 e. The minimum atomic E-state index is -0.426. The third-order valence-electron chi connectivity index (χ3n) is 2.30. The molecule has 17 heavy (non-hydrogen) atoms. The van der Waals surface area contributed by atoms with Crippen LogP contribution < -0.4 is 5.56 Å². The lowest BCUT2D eigenvalue weighted by Crippen LogP contribution is -2.12. The maximum absolute atomic E-state index is 11.5. The third-order valence-corrected chi connectivity index (χ3v) is 2.96. The molecule has 0 atom stereocenters. The van der Waals surface area contributed by atoms with E-state index in [0.717, 1.165) is 15.6 Å². The monoisotopic (exact) mass is 289 g/mol. The van der Waals surface area contributed by atoms with Gasteiger partial charge in [0.2, 0.25) is 0 Å². The lowest BCUT2D eigenvalue weighted by atomic mass is 10.1. The van der Waals surface area contributed by atoms with Gasteiger partial charge in [-0.2, -0.15) is 5.26 Å². The van der Waals surface area contributed by atoms with Crippen molar-refractivity contribution in [3.63, 3.8) is 0 Å². The minimum absolute atomic E-state index is 0.0111. The van der Waals surface area contributed by atoms with Crippen molar-refractivity contribution in [1.82, 2.24) is 9.97 Å². The van der Waals surface area contributed by atoms with E-state index >= 15 is 0 Å². The van der Waals surface area contributed by atoms with Gasteiger partial charge in [-0.25, -0.2) is 4.98 Å². The van der Waals surface area contributed by atoms with E-state index in [-0.39, 0.29) is 5.56 Å². The van der Waals surface area contributed by atoms with Gasteiger partial charge in [0, 0.05) is 10.0 Å². The Balaban J connectivity index is 2.58. The lowest BCUT2D eigenvalue weighted by Gasteiger charge is -2.04. The Labute approximate surface area is 106 Å². The minimum Gasteiger partial charge on any atom is -0.305 e. The van der Waals surface area contributed by atoms with E-state index in [0.29, 0.717) is 5.82 Å². The van der Waals surface area contributed by atoms with Gasteiger partial charge >= 0.3 is 0 Å². The van der Waals surface area contributed by atoms with Crippen molar-refractivity contribution in [3.05, 3.63) is 50.3 Å². The van der Waals surface area contributed by atoms with Crippen LogP contribution in [0.25, 0.3) is 11.4 Å². The smallest absolute Gasteiger partial charge is 0.269 e. The summed E-state index contributed by atoms with van der Waals surface area (Å²) in [6.45, 7) is 1.98. The zero-order chi connectivity index (χ0) is 12.4. The van der Waals surface area contributed by atoms with E-state index in [1.165, 1.54) is 6.20 Å². The van der Waals surface area contributed by atoms with Crippen LogP contribution in [0, 0.1) is 18.3 Å². The molecule has 0 fully saturated rings. The number of halogens is 1. The van der Waals surface area contributed by atoms with Gasteiger partial charge in [-0.05, 0) is 24.6 Å². The summed E-state index contributed by atoms with van der Waals surface area (Å²) in [4.78, 5) is 18.1. The van der Waals surface area contributed by atoms with Gasteiger partial charge in [-0.1, -0.05) is 22.0 Å². The van der Waals surface area contributed by atoms with E-state index in [1.54, 1.807) is 6.07 Å². The van der Waals surface area contributed by atoms with Crippen molar-refractivity contribution in [1.29, 1.82) is 5.26 Å². The molecule has 0 aliphatic rings. The molecule has 1 heterocycles. The molecule has 1 aromatic carbocycles. The van der Waals surface area contributed by atoms with Gasteiger partial charge < -0.3 is 4.98 Å². The van der Waals surface area contributed by atoms with Crippen LogP contribution in [-0.4, -0.2) is 9.97 Å². The maximum Gasteiger partial charge on any atom is 0.269 e. The molecule has 0 saturated carbocycles. The summed E-state index contributed by atoms with van der Waals surface area (Å²) in [5.41, 5.74) is 1.48. The van der Waals surface area contributed by atoms with Gasteiger partial charge in [0.15, 0.2) is 0 Å². The van der Waals surface area contributed by atoms with Crippen LogP contribution in [0.5, 0.6) is 0 Å². The summed E-state index contributed by atoms with van der Waals surface area (Å²) in [6.07, 6.45) is 1.28. The van der Waals surface area contributed by atoms with E-state index in [9.17, 15) is 4.79 Å². The van der Waals surface area contributed by atoms with E-state index in [4.69, 9.17) is 5.26 Å². The zero-order valence-electron chi connectivity index (χ0n) is 8.99. The van der Waals surface area contributed by atoms with E-state index in [1.807, 2.05) is 25.1 Å². The summed E-state index contributed by atoms with van der Waals surface area (Å²) in [5, 5.41) is 8.65. The first kappa shape index (κ1) is 11.6. The van der Waals surface area contributed by atoms with Gasteiger partial charge in [0.1, 0.15) is 17.5 Å². The van der Waals surface area contributed by atoms with Crippen molar-refractivity contribution < 1.29 is 0 Å². The van der Waals surface area contributed by atoms with Crippen molar-refractivity contribution in [2.24, 2.45) is 0 Å². The molecule has 0 aliphatic heterocycles. The number of nitriles is 1. The van der Waals surface area contributed by atoms with Crippen LogP contribution in [-0.2, 0) is 0 Å². The second-order valence-electron chi connectivity index (χ2n) is 3.57. The number of H-pyrrole nitrogens is 1. The molecular formula is C12H8BrN3O. The summed E-state index contributed by atoms with van der Waals surface area (Å²) >= 11 is 3.42. The molecule has 1 N–H and O–H groups in total. The summed E-state index contributed by atoms with van der Waals surface area (Å²) < 4.78 is 0.852. The zero-order valence-corrected chi connectivity index (χ0v) is 10.6. The Kier molecular flexibility index (Phi) is 3.07. The first-order valence-electron chi connectivity index (χ1n) is 4.88. The fraction of sp³-hybridized carbons (Fsp3) is 0.0833. The number of aromatic nitrogens is 2. The Morgan fingerprint density at radius 1 is 1.47 bits per heavy atom. The van der Waals surface area contributed by atoms with Crippen molar-refractivity contribution in [2.45, 2.75) is 6.92 Å². The van der Waals surface area contributed by atoms with Crippen LogP contribution >= 0.6 is 15.9 Å². The summed E-state index contributed by atoms with van der Waals surface area (Å²) in [6, 6.07) is 7.51. The summed E-state index contributed by atoms with van der Waals surface area (Å²) in [7, 11) is 0. The van der Waals surface area contributed by atoms with Gasteiger partial charge in [0.05, 0.1) is 6.20 Å². The number of nitrogens with one attached hydrogen (secondary N) is 1. The predicted octanol–water partition coefficient (Wildman–Crippen LogP) is 2.38. The normalized spacial score (nSPS) is 9.94. The molecule has 0 bridgehead atoms. The van der Waals surface area contributed by atoms with Gasteiger partial charge in [0.25, 0.3) is 5.56 Å². The molecule has 0 spiro atoms. The molecule has 4 nitrogen and oxygen atoms in total. The molecule has 0 amide bonds. The first-order chi connectivity index (χ1) is 8.11. The number of rotatable bonds is 1. The standard InChI is InChI=1S/C12H8BrN3O/c1-7-2-3-9(10(13)4-7)11-15-6-8(5-14)12(17)16-11/h2-4,6H,1H3,(H,15,16,17). The molecule has 0 radical (unpaired) electrons. The second kappa shape index (κ2) is 4.52. The Morgan fingerprint density at radius 2 is 2.24 bits per heavy atom. The Bertz CT molecular complexity index is 670. The van der Waals surface area contributed by atoms with Crippen molar-refractivity contribution >= 4 is 15.9 Å². The predicted molar refractivity (Wildman–Crippen MR) is 67.4 cm³/mol. The van der Waals surface area contributed by atoms with Crippen molar-refractivity contribution in [2.75, 3.05) is 0 Å². The topological polar surface area (TPSA) is 69.5 Å². The number of hydrogen-bond acceptors (Lipinski definition) is 3. The van der Waals surface area contributed by atoms with Crippen molar-refractivity contribution in [3.8, 4) is 17.5 Å². The number of hydrogen-bond donors (Lipinski definition) is 1. The average molecular weight is 290 g/mol. The fourth-order valence-corrected chi connectivity index (χ4v) is 2.10. The third kappa shape index (κ3) is 2.27. The molecule has 0 saturated heterocycles. The first-order valence-corrected chi connectivity index (χ1v) is 5.67. The highest BCUT2D eigenvalue weighted by atomic mass is 79.9. The number of aryl methyl sites for hydroxylation is 1. The highest BCUT2D eigenvalue weighted by molar-refractivity contribution is 9.10. The lowest BCUT2D eigenvalue weighted by molar-refractivity contribution is 1.11. The molecule has 2 aromatic rings. The molecule has 2 rings (SSSR count). The highest BCUT2D eigenvalue weighted by Crippen LogP contribution is 2.25. The van der Waals surface area contributed by atoms with Crippen LogP contribution in [0.3, 0.4) is 0 Å². The Hall–Kier alpha value is -1.93. The highest BCUT2D eigenvalue weighted by Gasteiger charge is 2.07. The van der Waals surface area contributed by atoms with E-state index in [2.05, 4.69) is 25.9 Å². The van der Waals surface area contributed by atoms with Gasteiger partial charge in [-0.3, -0.25) is 4.79 Å². The average Bonchev–Trinajstić information content (AvgIpc) is 2.29. The number of nitrogens with zero attached hydrogens (tertiary/aromatic N) is 2. The Morgan fingerprint density at radius 3 is 2.82 bits per heavy atom. The molecule has 5 heteroatoms. The maximum atomic E-state index is 11.5. The SMILES string of the molecule is Cc1ccc(-c2ncc(C#N)c(=O)[nH]2)c(Br)c1. The van der Waals surface area contributed by atoms with E-state index < -0.39 is 5.56 Å². The summed E-state index contributed by atoms with van der Waals surface area (Å²) in [5.74, 6) is 0.445. The molecule has 0 aliphatic carbocycles. The second-order valence-corrected chi connectivity index (χ2v) is 4.42. The van der Waals surface area contributed by atoms with Crippen LogP contribution in [0.1, 0.15) is 11.1 Å². The quantitative estimate of drug-likeness (QED) is 0.876.